The Hall–Kier alpha value is -1.42. The quantitative estimate of drug-likeness (QED) is 0.597. The number of nitrogens with zero attached hydrogens (tertiary/aromatic N) is 2. The third-order valence-corrected chi connectivity index (χ3v) is 3.57. The molecule has 1 aliphatic heterocycles. The Morgan fingerprint density at radius 3 is 2.41 bits per heavy atom. The molecule has 0 aromatic carbocycles. The van der Waals surface area contributed by atoms with Crippen LogP contribution in [0.25, 0.3) is 0 Å². The molecule has 1 aromatic heterocycles. The number of hydrogen-bond donors (Lipinski definition) is 0. The lowest BCUT2D eigenvalue weighted by molar-refractivity contribution is -0.140. The number of pyridine rings is 1. The fourth-order valence-corrected chi connectivity index (χ4v) is 2.07. The molecule has 17 heavy (non-hydrogen) atoms. The van der Waals surface area contributed by atoms with E-state index in [9.17, 15) is 9.59 Å². The van der Waals surface area contributed by atoms with E-state index in [0.717, 1.165) is 0 Å². The van der Waals surface area contributed by atoms with Crippen molar-refractivity contribution in [3.63, 3.8) is 0 Å². The van der Waals surface area contributed by atoms with Crippen LogP contribution in [0.15, 0.2) is 18.3 Å². The van der Waals surface area contributed by atoms with Gasteiger partial charge in [0.1, 0.15) is 5.15 Å². The van der Waals surface area contributed by atoms with Crippen LogP contribution in [-0.2, 0) is 16.1 Å². The second-order valence-corrected chi connectivity index (χ2v) is 4.65. The van der Waals surface area contributed by atoms with Crippen LogP contribution in [-0.4, -0.2) is 21.7 Å². The molecule has 2 amide bonds. The largest absolute Gasteiger partial charge is 0.278 e. The average molecular weight is 253 g/mol. The van der Waals surface area contributed by atoms with Crippen molar-refractivity contribution in [2.45, 2.75) is 20.4 Å². The third-order valence-electron chi connectivity index (χ3n) is 3.23. The SMILES string of the molecule is CC1C(=O)N(Cc2cccnc2Cl)C(=O)C1C. The van der Waals surface area contributed by atoms with E-state index in [4.69, 9.17) is 11.6 Å². The molecule has 0 N–H and O–H groups in total. The highest BCUT2D eigenvalue weighted by molar-refractivity contribution is 6.30. The van der Waals surface area contributed by atoms with Crippen LogP contribution >= 0.6 is 11.6 Å². The van der Waals surface area contributed by atoms with Crippen molar-refractivity contribution in [2.75, 3.05) is 0 Å². The maximum Gasteiger partial charge on any atom is 0.233 e. The first-order valence-corrected chi connectivity index (χ1v) is 5.84. The minimum atomic E-state index is -0.252. The predicted octanol–water partition coefficient (Wildman–Crippen LogP) is 1.88. The highest BCUT2D eigenvalue weighted by Crippen LogP contribution is 2.27. The summed E-state index contributed by atoms with van der Waals surface area (Å²) in [6.45, 7) is 3.75. The summed E-state index contributed by atoms with van der Waals surface area (Å²) in [6.07, 6.45) is 1.57. The van der Waals surface area contributed by atoms with E-state index in [-0.39, 0.29) is 30.2 Å². The molecule has 1 fully saturated rings. The maximum absolute atomic E-state index is 11.9. The molecule has 2 unspecified atom stereocenters. The fourth-order valence-electron chi connectivity index (χ4n) is 1.89. The smallest absolute Gasteiger partial charge is 0.233 e. The Bertz CT molecular complexity index is 455. The van der Waals surface area contributed by atoms with E-state index in [1.54, 1.807) is 32.2 Å². The molecule has 2 atom stereocenters. The van der Waals surface area contributed by atoms with Gasteiger partial charge in [0.25, 0.3) is 0 Å². The highest BCUT2D eigenvalue weighted by Gasteiger charge is 2.42. The number of imide groups is 1. The van der Waals surface area contributed by atoms with Crippen LogP contribution in [0.1, 0.15) is 19.4 Å². The number of carbonyl (C=O) groups is 2. The van der Waals surface area contributed by atoms with Crippen LogP contribution < -0.4 is 0 Å². The van der Waals surface area contributed by atoms with Crippen LogP contribution in [0.5, 0.6) is 0 Å². The number of hydrogen-bond acceptors (Lipinski definition) is 3. The zero-order valence-corrected chi connectivity index (χ0v) is 10.4. The van der Waals surface area contributed by atoms with Crippen LogP contribution in [0.2, 0.25) is 5.15 Å². The zero-order chi connectivity index (χ0) is 12.6. The van der Waals surface area contributed by atoms with Gasteiger partial charge in [-0.3, -0.25) is 14.5 Å². The Labute approximate surface area is 105 Å². The van der Waals surface area contributed by atoms with Gasteiger partial charge in [-0.05, 0) is 6.07 Å². The van der Waals surface area contributed by atoms with E-state index in [0.29, 0.717) is 10.7 Å². The van der Waals surface area contributed by atoms with Gasteiger partial charge in [-0.2, -0.15) is 0 Å². The molecule has 2 rings (SSSR count). The van der Waals surface area contributed by atoms with Gasteiger partial charge in [0.2, 0.25) is 11.8 Å². The normalized spacial score (nSPS) is 24.5. The van der Waals surface area contributed by atoms with Crippen LogP contribution in [0.3, 0.4) is 0 Å². The topological polar surface area (TPSA) is 50.3 Å². The van der Waals surface area contributed by atoms with Crippen molar-refractivity contribution in [1.82, 2.24) is 9.88 Å². The van der Waals surface area contributed by atoms with Crippen molar-refractivity contribution in [3.05, 3.63) is 29.0 Å². The van der Waals surface area contributed by atoms with E-state index < -0.39 is 0 Å². The zero-order valence-electron chi connectivity index (χ0n) is 9.68. The van der Waals surface area contributed by atoms with Crippen molar-refractivity contribution < 1.29 is 9.59 Å². The minimum absolute atomic E-state index is 0.137. The monoisotopic (exact) mass is 252 g/mol. The number of aromatic nitrogens is 1. The summed E-state index contributed by atoms with van der Waals surface area (Å²) in [7, 11) is 0. The van der Waals surface area contributed by atoms with Gasteiger partial charge in [0, 0.05) is 23.6 Å². The summed E-state index contributed by atoms with van der Waals surface area (Å²) in [4.78, 5) is 29.0. The fraction of sp³-hybridized carbons (Fsp3) is 0.417. The predicted molar refractivity (Wildman–Crippen MR) is 63.1 cm³/mol. The van der Waals surface area contributed by atoms with Gasteiger partial charge >= 0.3 is 0 Å². The molecule has 5 heteroatoms. The molecule has 0 radical (unpaired) electrons. The minimum Gasteiger partial charge on any atom is -0.278 e. The Kier molecular flexibility index (Phi) is 3.15. The van der Waals surface area contributed by atoms with Crippen molar-refractivity contribution in [3.8, 4) is 0 Å². The van der Waals surface area contributed by atoms with Gasteiger partial charge in [0.15, 0.2) is 0 Å². The summed E-state index contributed by atoms with van der Waals surface area (Å²) < 4.78 is 0. The first-order chi connectivity index (χ1) is 8.02. The molecule has 0 aliphatic carbocycles. The number of rotatable bonds is 2. The van der Waals surface area contributed by atoms with Crippen molar-refractivity contribution in [2.24, 2.45) is 11.8 Å². The van der Waals surface area contributed by atoms with Crippen LogP contribution in [0.4, 0.5) is 0 Å². The molecule has 90 valence electrons. The van der Waals surface area contributed by atoms with E-state index >= 15 is 0 Å². The molecular formula is C12H13ClN2O2. The first kappa shape index (κ1) is 12.0. The number of amides is 2. The van der Waals surface area contributed by atoms with Crippen molar-refractivity contribution in [1.29, 1.82) is 0 Å². The highest BCUT2D eigenvalue weighted by atomic mass is 35.5. The van der Waals surface area contributed by atoms with Crippen molar-refractivity contribution >= 4 is 23.4 Å². The van der Waals surface area contributed by atoms with Gasteiger partial charge in [-0.1, -0.05) is 31.5 Å². The van der Waals surface area contributed by atoms with E-state index in [1.165, 1.54) is 4.90 Å². The van der Waals surface area contributed by atoms with E-state index in [2.05, 4.69) is 4.98 Å². The lowest BCUT2D eigenvalue weighted by atomic mass is 10.00. The summed E-state index contributed by atoms with van der Waals surface area (Å²) >= 11 is 5.91. The molecule has 0 bridgehead atoms. The Morgan fingerprint density at radius 1 is 1.29 bits per heavy atom. The Balaban J connectivity index is 2.23. The molecule has 4 nitrogen and oxygen atoms in total. The molecule has 2 heterocycles. The average Bonchev–Trinajstić information content (AvgIpc) is 2.50. The molecule has 0 spiro atoms. The summed E-state index contributed by atoms with van der Waals surface area (Å²) in [6, 6.07) is 3.50. The number of halogens is 1. The molecule has 0 saturated carbocycles. The number of likely N-dealkylation sites (tertiary alicyclic amines) is 1. The van der Waals surface area contributed by atoms with Gasteiger partial charge in [-0.15, -0.1) is 0 Å². The second-order valence-electron chi connectivity index (χ2n) is 4.29. The van der Waals surface area contributed by atoms with Gasteiger partial charge in [-0.25, -0.2) is 4.98 Å². The summed E-state index contributed by atoms with van der Waals surface area (Å²) in [5.41, 5.74) is 0.692. The summed E-state index contributed by atoms with van der Waals surface area (Å²) in [5, 5.41) is 0.334. The molecular weight excluding hydrogens is 240 g/mol. The Morgan fingerprint density at radius 2 is 1.88 bits per heavy atom. The first-order valence-electron chi connectivity index (χ1n) is 5.47. The van der Waals surface area contributed by atoms with Gasteiger partial charge in [0.05, 0.1) is 6.54 Å². The number of carbonyl (C=O) groups excluding carboxylic acids is 2. The molecule has 1 aromatic rings. The lowest BCUT2D eigenvalue weighted by Crippen LogP contribution is -2.30. The lowest BCUT2D eigenvalue weighted by Gasteiger charge is -2.14. The summed E-state index contributed by atoms with van der Waals surface area (Å²) in [5.74, 6) is -0.777. The molecule has 1 saturated heterocycles. The van der Waals surface area contributed by atoms with Crippen LogP contribution in [0, 0.1) is 11.8 Å². The van der Waals surface area contributed by atoms with E-state index in [1.807, 2.05) is 0 Å². The second kappa shape index (κ2) is 4.45. The van der Waals surface area contributed by atoms with Gasteiger partial charge < -0.3 is 0 Å². The standard InChI is InChI=1S/C12H13ClN2O2/c1-7-8(2)12(17)15(11(7)16)6-9-4-3-5-14-10(9)13/h3-5,7-8H,6H2,1-2H3. The third kappa shape index (κ3) is 2.05. The maximum atomic E-state index is 11.9. The molecule has 1 aliphatic rings.